The molecule has 0 aliphatic carbocycles. The fourth-order valence-corrected chi connectivity index (χ4v) is 4.43. The highest BCUT2D eigenvalue weighted by atomic mass is 28.3. The predicted molar refractivity (Wildman–Crippen MR) is 101 cm³/mol. The molecule has 5 heteroatoms. The summed E-state index contributed by atoms with van der Waals surface area (Å²) in [6.07, 6.45) is 0. The van der Waals surface area contributed by atoms with Crippen molar-refractivity contribution in [3.05, 3.63) is 29.8 Å². The molecule has 0 saturated carbocycles. The van der Waals surface area contributed by atoms with E-state index in [0.717, 1.165) is 5.56 Å². The third kappa shape index (κ3) is 4.47. The molecule has 1 aromatic carbocycles. The predicted octanol–water partition coefficient (Wildman–Crippen LogP) is 3.18. The third-order valence-corrected chi connectivity index (χ3v) is 10.9. The molecule has 0 bridgehead atoms. The van der Waals surface area contributed by atoms with Crippen molar-refractivity contribution in [1.82, 2.24) is 5.32 Å². The number of hydrogen-bond acceptors (Lipinski definition) is 3. The molecular formula is C19H31NO3Si. The van der Waals surface area contributed by atoms with E-state index >= 15 is 0 Å². The van der Waals surface area contributed by atoms with Gasteiger partial charge in [-0.1, -0.05) is 70.2 Å². The Kier molecular flexibility index (Phi) is 6.39. The first kappa shape index (κ1) is 20.4. The SMILES string of the molecule is COC(=O)[C@H](NC(C)=O)C(C)c1ccc([Si](C)(C)C(C)(C)C)cc1. The molecule has 0 spiro atoms. The van der Waals surface area contributed by atoms with E-state index in [4.69, 9.17) is 4.74 Å². The first-order valence-electron chi connectivity index (χ1n) is 8.37. The van der Waals surface area contributed by atoms with Gasteiger partial charge in [0.15, 0.2) is 0 Å². The lowest BCUT2D eigenvalue weighted by Gasteiger charge is -2.37. The molecule has 2 atom stereocenters. The van der Waals surface area contributed by atoms with Crippen LogP contribution >= 0.6 is 0 Å². The summed E-state index contributed by atoms with van der Waals surface area (Å²) in [7, 11) is -0.244. The first-order chi connectivity index (χ1) is 10.9. The number of methoxy groups -OCH3 is 1. The van der Waals surface area contributed by atoms with Crippen molar-refractivity contribution >= 4 is 25.1 Å². The van der Waals surface area contributed by atoms with Gasteiger partial charge in [-0.05, 0) is 10.6 Å². The van der Waals surface area contributed by atoms with Crippen molar-refractivity contribution < 1.29 is 14.3 Å². The Morgan fingerprint density at radius 2 is 1.62 bits per heavy atom. The van der Waals surface area contributed by atoms with E-state index < -0.39 is 20.1 Å². The monoisotopic (exact) mass is 349 g/mol. The van der Waals surface area contributed by atoms with Crippen LogP contribution in [0, 0.1) is 0 Å². The number of hydrogen-bond donors (Lipinski definition) is 1. The largest absolute Gasteiger partial charge is 0.467 e. The smallest absolute Gasteiger partial charge is 0.328 e. The van der Waals surface area contributed by atoms with E-state index in [1.807, 2.05) is 6.92 Å². The minimum Gasteiger partial charge on any atom is -0.467 e. The molecule has 1 amide bonds. The number of carbonyl (C=O) groups is 2. The lowest BCUT2D eigenvalue weighted by molar-refractivity contribution is -0.145. The number of benzene rings is 1. The number of rotatable bonds is 5. The molecular weight excluding hydrogens is 318 g/mol. The van der Waals surface area contributed by atoms with Crippen LogP contribution in [0.3, 0.4) is 0 Å². The van der Waals surface area contributed by atoms with E-state index in [2.05, 4.69) is 63.4 Å². The van der Waals surface area contributed by atoms with Gasteiger partial charge < -0.3 is 10.1 Å². The molecule has 0 fully saturated rings. The molecule has 1 N–H and O–H groups in total. The second-order valence-corrected chi connectivity index (χ2v) is 13.3. The topological polar surface area (TPSA) is 55.4 Å². The second kappa shape index (κ2) is 7.51. The Morgan fingerprint density at radius 1 is 1.12 bits per heavy atom. The summed E-state index contributed by atoms with van der Waals surface area (Å²) in [5.41, 5.74) is 1.02. The Labute approximate surface area is 147 Å². The molecule has 0 radical (unpaired) electrons. The van der Waals surface area contributed by atoms with Gasteiger partial charge in [0.05, 0.1) is 15.2 Å². The van der Waals surface area contributed by atoms with E-state index in [-0.39, 0.29) is 16.9 Å². The van der Waals surface area contributed by atoms with Crippen LogP contribution in [0.4, 0.5) is 0 Å². The van der Waals surface area contributed by atoms with E-state index in [9.17, 15) is 9.59 Å². The highest BCUT2D eigenvalue weighted by molar-refractivity contribution is 6.92. The van der Waals surface area contributed by atoms with Gasteiger partial charge in [0, 0.05) is 12.8 Å². The van der Waals surface area contributed by atoms with Crippen LogP contribution in [0.25, 0.3) is 0 Å². The average molecular weight is 350 g/mol. The van der Waals surface area contributed by atoms with Crippen molar-refractivity contribution in [3.63, 3.8) is 0 Å². The minimum absolute atomic E-state index is 0.158. The number of nitrogens with one attached hydrogen (secondary N) is 1. The van der Waals surface area contributed by atoms with Crippen LogP contribution < -0.4 is 10.5 Å². The standard InChI is InChI=1S/C19H31NO3Si/c1-13(17(18(22)23-6)20-14(2)21)15-9-11-16(12-10-15)24(7,8)19(3,4)5/h9-13,17H,1-8H3,(H,20,21)/t13?,17-/m1/s1. The van der Waals surface area contributed by atoms with Crippen LogP contribution in [0.15, 0.2) is 24.3 Å². The summed E-state index contributed by atoms with van der Waals surface area (Å²) in [5.74, 6) is -0.823. The van der Waals surface area contributed by atoms with Gasteiger partial charge in [-0.2, -0.15) is 0 Å². The molecule has 24 heavy (non-hydrogen) atoms. The number of amides is 1. The van der Waals surface area contributed by atoms with E-state index in [1.165, 1.54) is 19.2 Å². The normalized spacial score (nSPS) is 14.7. The molecule has 0 aliphatic rings. The summed E-state index contributed by atoms with van der Waals surface area (Å²) >= 11 is 0. The summed E-state index contributed by atoms with van der Waals surface area (Å²) in [6, 6.07) is 7.80. The first-order valence-corrected chi connectivity index (χ1v) is 11.4. The van der Waals surface area contributed by atoms with Gasteiger partial charge in [0.1, 0.15) is 6.04 Å². The zero-order chi connectivity index (χ0) is 18.7. The lowest BCUT2D eigenvalue weighted by Crippen LogP contribution is -2.49. The van der Waals surface area contributed by atoms with Gasteiger partial charge >= 0.3 is 5.97 Å². The quantitative estimate of drug-likeness (QED) is 0.656. The van der Waals surface area contributed by atoms with Crippen LogP contribution in [-0.4, -0.2) is 33.1 Å². The molecule has 0 heterocycles. The van der Waals surface area contributed by atoms with Crippen LogP contribution in [0.1, 0.15) is 46.1 Å². The Balaban J connectivity index is 3.10. The number of ether oxygens (including phenoxy) is 1. The molecule has 1 aromatic rings. The fraction of sp³-hybridized carbons (Fsp3) is 0.579. The van der Waals surface area contributed by atoms with Crippen molar-refractivity contribution in [2.45, 2.75) is 64.7 Å². The Hall–Kier alpha value is -1.62. The zero-order valence-electron chi connectivity index (χ0n) is 16.2. The van der Waals surface area contributed by atoms with Gasteiger partial charge in [-0.15, -0.1) is 0 Å². The van der Waals surface area contributed by atoms with Crippen LogP contribution in [0.2, 0.25) is 18.1 Å². The Bertz CT molecular complexity index is 588. The summed E-state index contributed by atoms with van der Waals surface area (Å²) < 4.78 is 4.83. The highest BCUT2D eigenvalue weighted by Gasteiger charge is 2.37. The fourth-order valence-electron chi connectivity index (χ4n) is 2.56. The van der Waals surface area contributed by atoms with Gasteiger partial charge in [0.25, 0.3) is 0 Å². The molecule has 4 nitrogen and oxygen atoms in total. The van der Waals surface area contributed by atoms with Gasteiger partial charge in [0.2, 0.25) is 5.91 Å². The van der Waals surface area contributed by atoms with Gasteiger partial charge in [-0.25, -0.2) is 4.79 Å². The lowest BCUT2D eigenvalue weighted by atomic mass is 9.93. The van der Waals surface area contributed by atoms with E-state index in [0.29, 0.717) is 0 Å². The minimum atomic E-state index is -1.58. The van der Waals surface area contributed by atoms with E-state index in [1.54, 1.807) is 0 Å². The molecule has 1 unspecified atom stereocenters. The third-order valence-electron chi connectivity index (χ3n) is 5.35. The maximum atomic E-state index is 12.0. The summed E-state index contributed by atoms with van der Waals surface area (Å²) in [4.78, 5) is 23.4. The van der Waals surface area contributed by atoms with Crippen molar-refractivity contribution in [2.24, 2.45) is 0 Å². The molecule has 0 aromatic heterocycles. The van der Waals surface area contributed by atoms with Crippen LogP contribution in [-0.2, 0) is 14.3 Å². The maximum Gasteiger partial charge on any atom is 0.328 e. The van der Waals surface area contributed by atoms with Crippen molar-refractivity contribution in [3.8, 4) is 0 Å². The summed E-state index contributed by atoms with van der Waals surface area (Å²) in [5, 5.41) is 4.35. The van der Waals surface area contributed by atoms with Crippen molar-refractivity contribution in [1.29, 1.82) is 0 Å². The van der Waals surface area contributed by atoms with Gasteiger partial charge in [-0.3, -0.25) is 4.79 Å². The van der Waals surface area contributed by atoms with Crippen LogP contribution in [0.5, 0.6) is 0 Å². The molecule has 0 saturated heterocycles. The zero-order valence-corrected chi connectivity index (χ0v) is 17.2. The molecule has 0 aliphatic heterocycles. The Morgan fingerprint density at radius 3 is 2.00 bits per heavy atom. The highest BCUT2D eigenvalue weighted by Crippen LogP contribution is 2.35. The van der Waals surface area contributed by atoms with Crippen molar-refractivity contribution in [2.75, 3.05) is 7.11 Å². The maximum absolute atomic E-state index is 12.0. The number of carbonyl (C=O) groups excluding carboxylic acids is 2. The summed E-state index contributed by atoms with van der Waals surface area (Å²) in [6.45, 7) is 15.0. The molecule has 134 valence electrons. The molecule has 1 rings (SSSR count). The second-order valence-electron chi connectivity index (χ2n) is 7.99. The average Bonchev–Trinajstić information content (AvgIpc) is 2.50. The number of esters is 1.